The molecule has 1 aromatic heterocycles. The molecule has 0 fully saturated rings. The van der Waals surface area contributed by atoms with Crippen LogP contribution in [0.2, 0.25) is 0 Å². The quantitative estimate of drug-likeness (QED) is 0.770. The van der Waals surface area contributed by atoms with Gasteiger partial charge in [0.2, 0.25) is 5.91 Å². The van der Waals surface area contributed by atoms with Gasteiger partial charge in [-0.25, -0.2) is 4.98 Å². The number of nitrogens with one attached hydrogen (secondary N) is 1. The van der Waals surface area contributed by atoms with Gasteiger partial charge in [-0.2, -0.15) is 0 Å². The topological polar surface area (TPSA) is 68.0 Å². The number of hydrogen-bond acceptors (Lipinski definition) is 4. The van der Waals surface area contributed by atoms with Gasteiger partial charge in [-0.3, -0.25) is 4.79 Å². The highest BCUT2D eigenvalue weighted by atomic mass is 32.1. The predicted molar refractivity (Wildman–Crippen MR) is 80.2 cm³/mol. The van der Waals surface area contributed by atoms with Crippen LogP contribution in [0.25, 0.3) is 0 Å². The monoisotopic (exact) mass is 283 g/mol. The van der Waals surface area contributed by atoms with Gasteiger partial charge in [0.25, 0.3) is 0 Å². The van der Waals surface area contributed by atoms with Crippen LogP contribution in [-0.4, -0.2) is 24.0 Å². The third-order valence-corrected chi connectivity index (χ3v) is 4.34. The van der Waals surface area contributed by atoms with Crippen molar-refractivity contribution in [2.75, 3.05) is 13.1 Å². The Morgan fingerprint density at radius 1 is 1.53 bits per heavy atom. The summed E-state index contributed by atoms with van der Waals surface area (Å²) in [6, 6.07) is 0. The Labute approximate surface area is 119 Å². The Bertz CT molecular complexity index is 376. The van der Waals surface area contributed by atoms with Crippen LogP contribution in [0.15, 0.2) is 11.6 Å². The van der Waals surface area contributed by atoms with E-state index in [1.807, 2.05) is 5.38 Å². The van der Waals surface area contributed by atoms with Gasteiger partial charge in [0.1, 0.15) is 0 Å². The molecule has 19 heavy (non-hydrogen) atoms. The van der Waals surface area contributed by atoms with E-state index in [4.69, 9.17) is 5.73 Å². The van der Waals surface area contributed by atoms with Crippen molar-refractivity contribution in [1.29, 1.82) is 0 Å². The van der Waals surface area contributed by atoms with E-state index in [1.54, 1.807) is 17.5 Å². The van der Waals surface area contributed by atoms with E-state index in [0.717, 1.165) is 17.8 Å². The van der Waals surface area contributed by atoms with Crippen LogP contribution in [0.5, 0.6) is 0 Å². The van der Waals surface area contributed by atoms with Gasteiger partial charge >= 0.3 is 0 Å². The van der Waals surface area contributed by atoms with Crippen molar-refractivity contribution in [1.82, 2.24) is 10.3 Å². The molecule has 1 amide bonds. The van der Waals surface area contributed by atoms with Crippen molar-refractivity contribution in [2.24, 2.45) is 11.1 Å². The number of thiazole rings is 1. The molecule has 0 radical (unpaired) electrons. The van der Waals surface area contributed by atoms with E-state index < -0.39 is 0 Å². The first-order valence-corrected chi connectivity index (χ1v) is 7.69. The van der Waals surface area contributed by atoms with E-state index in [0.29, 0.717) is 19.5 Å². The van der Waals surface area contributed by atoms with Gasteiger partial charge in [0.05, 0.1) is 5.01 Å². The molecule has 1 unspecified atom stereocenters. The number of rotatable bonds is 8. The molecule has 0 aliphatic heterocycles. The average molecular weight is 283 g/mol. The normalized spacial score (nSPS) is 13.3. The standard InChI is InChI=1S/C14H25N3OS/c1-11(13-16-8-9-19-13)10-17-12(18)4-5-14(2,3)6-7-15/h8-9,11H,4-7,10,15H2,1-3H3,(H,17,18). The molecule has 3 N–H and O–H groups in total. The lowest BCUT2D eigenvalue weighted by atomic mass is 9.84. The van der Waals surface area contributed by atoms with E-state index in [-0.39, 0.29) is 17.2 Å². The molecule has 0 aliphatic rings. The summed E-state index contributed by atoms with van der Waals surface area (Å²) in [5.74, 6) is 0.398. The highest BCUT2D eigenvalue weighted by Crippen LogP contribution is 2.25. The highest BCUT2D eigenvalue weighted by molar-refractivity contribution is 7.09. The second-order valence-corrected chi connectivity index (χ2v) is 6.70. The fourth-order valence-corrected chi connectivity index (χ4v) is 2.59. The Morgan fingerprint density at radius 3 is 2.84 bits per heavy atom. The molecule has 1 aromatic rings. The summed E-state index contributed by atoms with van der Waals surface area (Å²) in [5, 5.41) is 6.02. The smallest absolute Gasteiger partial charge is 0.220 e. The zero-order valence-electron chi connectivity index (χ0n) is 12.1. The van der Waals surface area contributed by atoms with Crippen LogP contribution in [0, 0.1) is 5.41 Å². The number of nitrogens with two attached hydrogens (primary N) is 1. The number of nitrogens with zero attached hydrogens (tertiary/aromatic N) is 1. The van der Waals surface area contributed by atoms with Crippen molar-refractivity contribution in [3.8, 4) is 0 Å². The minimum atomic E-state index is 0.119. The first-order chi connectivity index (χ1) is 8.94. The third kappa shape index (κ3) is 6.16. The lowest BCUT2D eigenvalue weighted by Gasteiger charge is -2.23. The molecule has 108 valence electrons. The minimum absolute atomic E-state index is 0.119. The maximum absolute atomic E-state index is 11.8. The number of carbonyl (C=O) groups excluding carboxylic acids is 1. The lowest BCUT2D eigenvalue weighted by molar-refractivity contribution is -0.121. The Hall–Kier alpha value is -0.940. The fourth-order valence-electron chi connectivity index (χ4n) is 1.89. The summed E-state index contributed by atoms with van der Waals surface area (Å²) in [4.78, 5) is 16.1. The molecule has 1 rings (SSSR count). The molecule has 1 heterocycles. The molecule has 0 saturated carbocycles. The van der Waals surface area contributed by atoms with Crippen LogP contribution in [0.4, 0.5) is 0 Å². The molecule has 4 nitrogen and oxygen atoms in total. The lowest BCUT2D eigenvalue weighted by Crippen LogP contribution is -2.29. The van der Waals surface area contributed by atoms with Gasteiger partial charge in [-0.1, -0.05) is 20.8 Å². The van der Waals surface area contributed by atoms with Crippen LogP contribution in [-0.2, 0) is 4.79 Å². The van der Waals surface area contributed by atoms with Crippen LogP contribution < -0.4 is 11.1 Å². The summed E-state index contributed by atoms with van der Waals surface area (Å²) in [7, 11) is 0. The minimum Gasteiger partial charge on any atom is -0.355 e. The maximum Gasteiger partial charge on any atom is 0.220 e. The molecule has 5 heteroatoms. The first-order valence-electron chi connectivity index (χ1n) is 6.81. The van der Waals surface area contributed by atoms with E-state index in [9.17, 15) is 4.79 Å². The molecular weight excluding hydrogens is 258 g/mol. The van der Waals surface area contributed by atoms with Gasteiger partial charge in [-0.05, 0) is 24.8 Å². The van der Waals surface area contributed by atoms with Crippen molar-refractivity contribution in [2.45, 2.75) is 46.0 Å². The predicted octanol–water partition coefficient (Wildman–Crippen LogP) is 2.52. The van der Waals surface area contributed by atoms with Crippen molar-refractivity contribution >= 4 is 17.2 Å². The maximum atomic E-state index is 11.8. The van der Waals surface area contributed by atoms with E-state index >= 15 is 0 Å². The van der Waals surface area contributed by atoms with Gasteiger partial charge in [-0.15, -0.1) is 11.3 Å². The number of aromatic nitrogens is 1. The van der Waals surface area contributed by atoms with E-state index in [2.05, 4.69) is 31.1 Å². The highest BCUT2D eigenvalue weighted by Gasteiger charge is 2.18. The molecule has 0 spiro atoms. The van der Waals surface area contributed by atoms with Gasteiger partial charge in [0.15, 0.2) is 0 Å². The van der Waals surface area contributed by atoms with Crippen LogP contribution in [0.1, 0.15) is 51.0 Å². The molecule has 1 atom stereocenters. The second kappa shape index (κ2) is 7.60. The Kier molecular flexibility index (Phi) is 6.45. The summed E-state index contributed by atoms with van der Waals surface area (Å²) in [5.41, 5.74) is 5.71. The van der Waals surface area contributed by atoms with Crippen molar-refractivity contribution in [3.63, 3.8) is 0 Å². The molecule has 0 saturated heterocycles. The van der Waals surface area contributed by atoms with Gasteiger partial charge in [0, 0.05) is 30.5 Å². The summed E-state index contributed by atoms with van der Waals surface area (Å²) in [6.45, 7) is 7.73. The van der Waals surface area contributed by atoms with E-state index in [1.165, 1.54) is 0 Å². The van der Waals surface area contributed by atoms with Crippen molar-refractivity contribution < 1.29 is 4.79 Å². The van der Waals surface area contributed by atoms with Crippen LogP contribution in [0.3, 0.4) is 0 Å². The number of amides is 1. The Balaban J connectivity index is 2.25. The SMILES string of the molecule is CC(CNC(=O)CCC(C)(C)CCN)c1nccs1. The molecule has 0 aliphatic carbocycles. The Morgan fingerprint density at radius 2 is 2.26 bits per heavy atom. The number of hydrogen-bond donors (Lipinski definition) is 2. The third-order valence-electron chi connectivity index (χ3n) is 3.33. The summed E-state index contributed by atoms with van der Waals surface area (Å²) in [6.07, 6.45) is 4.20. The zero-order valence-corrected chi connectivity index (χ0v) is 12.9. The number of carbonyl (C=O) groups is 1. The zero-order chi connectivity index (χ0) is 14.3. The fraction of sp³-hybridized carbons (Fsp3) is 0.714. The molecular formula is C14H25N3OS. The second-order valence-electron chi connectivity index (χ2n) is 5.78. The summed E-state index contributed by atoms with van der Waals surface area (Å²) >= 11 is 1.63. The molecule has 0 aromatic carbocycles. The van der Waals surface area contributed by atoms with Gasteiger partial charge < -0.3 is 11.1 Å². The largest absolute Gasteiger partial charge is 0.355 e. The summed E-state index contributed by atoms with van der Waals surface area (Å²) < 4.78 is 0. The van der Waals surface area contributed by atoms with Crippen LogP contribution >= 0.6 is 11.3 Å². The molecule has 0 bridgehead atoms. The first kappa shape index (κ1) is 16.1. The van der Waals surface area contributed by atoms with Crippen molar-refractivity contribution in [3.05, 3.63) is 16.6 Å². The average Bonchev–Trinajstić information content (AvgIpc) is 2.87.